The van der Waals surface area contributed by atoms with Crippen LogP contribution in [-0.2, 0) is 4.74 Å². The van der Waals surface area contributed by atoms with E-state index in [2.05, 4.69) is 15.6 Å². The summed E-state index contributed by atoms with van der Waals surface area (Å²) in [5.74, 6) is 0.477. The van der Waals surface area contributed by atoms with Crippen LogP contribution in [0.15, 0.2) is 30.3 Å². The average Bonchev–Trinajstić information content (AvgIpc) is 3.22. The Hall–Kier alpha value is -3.01. The van der Waals surface area contributed by atoms with E-state index in [1.54, 1.807) is 12.1 Å². The van der Waals surface area contributed by atoms with Gasteiger partial charge in [0.05, 0.1) is 12.6 Å². The van der Waals surface area contributed by atoms with E-state index in [9.17, 15) is 18.0 Å². The molecular weight excluding hydrogens is 447 g/mol. The monoisotopic (exact) mass is 477 g/mol. The summed E-state index contributed by atoms with van der Waals surface area (Å²) in [6, 6.07) is 8.99. The molecule has 0 spiro atoms. The minimum absolute atomic E-state index is 0.102. The van der Waals surface area contributed by atoms with Crippen LogP contribution < -0.4 is 16.4 Å². The number of nitrogens with two attached hydrogens (primary N) is 1. The summed E-state index contributed by atoms with van der Waals surface area (Å²) in [4.78, 5) is 18.5. The van der Waals surface area contributed by atoms with Crippen molar-refractivity contribution in [3.05, 3.63) is 35.9 Å². The second kappa shape index (κ2) is 10.1. The molecule has 2 atom stereocenters. The van der Waals surface area contributed by atoms with Crippen LogP contribution >= 0.6 is 0 Å². The van der Waals surface area contributed by atoms with Crippen LogP contribution in [0.5, 0.6) is 0 Å². The third kappa shape index (κ3) is 6.31. The Balaban J connectivity index is 1.46. The molecule has 0 aliphatic carbocycles. The van der Waals surface area contributed by atoms with Crippen LogP contribution in [0.3, 0.4) is 0 Å². The van der Waals surface area contributed by atoms with Crippen LogP contribution in [0.1, 0.15) is 31.2 Å². The molecule has 3 heterocycles. The van der Waals surface area contributed by atoms with Crippen molar-refractivity contribution < 1.29 is 22.7 Å². The third-order valence-corrected chi connectivity index (χ3v) is 6.25. The minimum atomic E-state index is -4.22. The van der Waals surface area contributed by atoms with Gasteiger partial charge in [0, 0.05) is 31.8 Å². The van der Waals surface area contributed by atoms with E-state index < -0.39 is 24.5 Å². The lowest BCUT2D eigenvalue weighted by Crippen LogP contribution is -2.33. The molecule has 0 unspecified atom stereocenters. The highest BCUT2D eigenvalue weighted by atomic mass is 19.4. The molecule has 184 valence electrons. The van der Waals surface area contributed by atoms with Gasteiger partial charge in [-0.1, -0.05) is 6.07 Å². The van der Waals surface area contributed by atoms with Crippen molar-refractivity contribution in [1.82, 2.24) is 9.88 Å². The van der Waals surface area contributed by atoms with Crippen molar-refractivity contribution in [3.8, 4) is 11.1 Å². The van der Waals surface area contributed by atoms with Crippen molar-refractivity contribution in [1.29, 1.82) is 0 Å². The molecule has 0 saturated carbocycles. The van der Waals surface area contributed by atoms with E-state index in [0.29, 0.717) is 36.9 Å². The minimum Gasteiger partial charge on any atom is -0.384 e. The van der Waals surface area contributed by atoms with Crippen molar-refractivity contribution in [3.63, 3.8) is 0 Å². The summed E-state index contributed by atoms with van der Waals surface area (Å²) >= 11 is 0. The normalized spacial score (nSPS) is 20.9. The van der Waals surface area contributed by atoms with E-state index in [4.69, 9.17) is 10.5 Å². The molecule has 1 aromatic carbocycles. The van der Waals surface area contributed by atoms with Crippen molar-refractivity contribution in [2.45, 2.75) is 44.8 Å². The van der Waals surface area contributed by atoms with E-state index in [-0.39, 0.29) is 12.6 Å². The number of carbonyl (C=O) groups is 1. The number of carbonyl (C=O) groups excluding carboxylic acids is 1. The highest BCUT2D eigenvalue weighted by molar-refractivity contribution is 5.91. The van der Waals surface area contributed by atoms with Gasteiger partial charge in [0.25, 0.3) is 0 Å². The number of rotatable bonds is 5. The molecule has 10 heteroatoms. The number of benzene rings is 1. The van der Waals surface area contributed by atoms with Gasteiger partial charge in [-0.2, -0.15) is 13.2 Å². The second-order valence-electron chi connectivity index (χ2n) is 9.10. The highest BCUT2D eigenvalue weighted by Gasteiger charge is 2.36. The van der Waals surface area contributed by atoms with Gasteiger partial charge >= 0.3 is 12.2 Å². The summed E-state index contributed by atoms with van der Waals surface area (Å²) in [5.41, 5.74) is 9.36. The summed E-state index contributed by atoms with van der Waals surface area (Å²) in [6.45, 7) is 3.76. The van der Waals surface area contributed by atoms with Crippen LogP contribution in [0, 0.1) is 12.8 Å². The first-order valence-corrected chi connectivity index (χ1v) is 11.5. The van der Waals surface area contributed by atoms with E-state index >= 15 is 0 Å². The number of likely N-dealkylation sites (tertiary alicyclic amines) is 1. The second-order valence-corrected chi connectivity index (χ2v) is 9.10. The fourth-order valence-corrected chi connectivity index (χ4v) is 4.57. The topological polar surface area (TPSA) is 92.5 Å². The lowest BCUT2D eigenvalue weighted by molar-refractivity contribution is -0.143. The smallest absolute Gasteiger partial charge is 0.384 e. The Morgan fingerprint density at radius 2 is 2.09 bits per heavy atom. The zero-order valence-electron chi connectivity index (χ0n) is 19.1. The van der Waals surface area contributed by atoms with Crippen molar-refractivity contribution >= 4 is 23.4 Å². The number of pyridine rings is 1. The lowest BCUT2D eigenvalue weighted by atomic mass is 10.00. The molecule has 7 nitrogen and oxygen atoms in total. The summed E-state index contributed by atoms with van der Waals surface area (Å²) in [5, 5.41) is 6.21. The standard InChI is InChI=1S/C24H30F3N5O2/c1-15-4-5-18(30-23(33)32-7-6-16(13-32)12-24(25,26)27)11-20(15)17-9-21(28)31-22(10-17)29-19-3-2-8-34-14-19/h4-5,9-11,16,19H,2-3,6-8,12-14H2,1H3,(H,30,33)(H3,28,29,31)/t16-,19-/m0/s1. The number of ether oxygens (including phenoxy) is 1. The number of hydrogen-bond donors (Lipinski definition) is 3. The van der Waals surface area contributed by atoms with Gasteiger partial charge < -0.3 is 26.0 Å². The van der Waals surface area contributed by atoms with E-state index in [0.717, 1.165) is 36.1 Å². The largest absolute Gasteiger partial charge is 0.389 e. The number of hydrogen-bond acceptors (Lipinski definition) is 5. The molecule has 2 fully saturated rings. The Labute approximate surface area is 196 Å². The van der Waals surface area contributed by atoms with Crippen molar-refractivity contribution in [2.24, 2.45) is 5.92 Å². The van der Waals surface area contributed by atoms with Gasteiger partial charge in [-0.3, -0.25) is 0 Å². The van der Waals surface area contributed by atoms with Crippen LogP contribution in [0.2, 0.25) is 0 Å². The number of aromatic nitrogens is 1. The predicted octanol–water partition coefficient (Wildman–Crippen LogP) is 5.04. The highest BCUT2D eigenvalue weighted by Crippen LogP contribution is 2.32. The quantitative estimate of drug-likeness (QED) is 0.561. The number of amides is 2. The number of halogens is 3. The predicted molar refractivity (Wildman–Crippen MR) is 126 cm³/mol. The van der Waals surface area contributed by atoms with Crippen LogP contribution in [0.25, 0.3) is 11.1 Å². The SMILES string of the molecule is Cc1ccc(NC(=O)N2CC[C@@H](CC(F)(F)F)C2)cc1-c1cc(N)nc(N[C@H]2CCCOC2)c1. The number of anilines is 3. The van der Waals surface area contributed by atoms with Gasteiger partial charge in [0.1, 0.15) is 11.6 Å². The van der Waals surface area contributed by atoms with Crippen LogP contribution in [-0.4, -0.2) is 54.4 Å². The van der Waals surface area contributed by atoms with Gasteiger partial charge in [0.15, 0.2) is 0 Å². The van der Waals surface area contributed by atoms with Gasteiger partial charge in [-0.05, 0) is 73.1 Å². The summed E-state index contributed by atoms with van der Waals surface area (Å²) < 4.78 is 43.5. The first kappa shape index (κ1) is 24.1. The Bertz CT molecular complexity index is 1020. The number of nitrogens with one attached hydrogen (secondary N) is 2. The van der Waals surface area contributed by atoms with E-state index in [1.807, 2.05) is 25.1 Å². The summed E-state index contributed by atoms with van der Waals surface area (Å²) in [7, 11) is 0. The molecule has 2 amide bonds. The summed E-state index contributed by atoms with van der Waals surface area (Å²) in [6.07, 6.45) is -2.75. The zero-order chi connectivity index (χ0) is 24.3. The van der Waals surface area contributed by atoms with Gasteiger partial charge in [-0.15, -0.1) is 0 Å². The molecule has 2 aromatic rings. The van der Waals surface area contributed by atoms with E-state index in [1.165, 1.54) is 4.90 Å². The Morgan fingerprint density at radius 1 is 1.26 bits per heavy atom. The fraction of sp³-hybridized carbons (Fsp3) is 0.500. The Morgan fingerprint density at radius 3 is 2.82 bits per heavy atom. The molecule has 4 rings (SSSR count). The number of aryl methyl sites for hydroxylation is 1. The molecular formula is C24H30F3N5O2. The number of urea groups is 1. The molecule has 4 N–H and O–H groups in total. The van der Waals surface area contributed by atoms with Gasteiger partial charge in [0.2, 0.25) is 0 Å². The molecule has 34 heavy (non-hydrogen) atoms. The number of alkyl halides is 3. The zero-order valence-corrected chi connectivity index (χ0v) is 19.1. The first-order valence-electron chi connectivity index (χ1n) is 11.5. The molecule has 1 aromatic heterocycles. The Kier molecular flexibility index (Phi) is 7.16. The maximum absolute atomic E-state index is 12.7. The van der Waals surface area contributed by atoms with Crippen LogP contribution in [0.4, 0.5) is 35.3 Å². The fourth-order valence-electron chi connectivity index (χ4n) is 4.57. The first-order chi connectivity index (χ1) is 16.2. The lowest BCUT2D eigenvalue weighted by Gasteiger charge is -2.24. The third-order valence-electron chi connectivity index (χ3n) is 6.25. The average molecular weight is 478 g/mol. The molecule has 2 aliphatic rings. The van der Waals surface area contributed by atoms with Gasteiger partial charge in [-0.25, -0.2) is 9.78 Å². The maximum Gasteiger partial charge on any atom is 0.389 e. The number of nitrogen functional groups attached to an aromatic ring is 1. The molecule has 0 bridgehead atoms. The maximum atomic E-state index is 12.7. The molecule has 2 aliphatic heterocycles. The molecule has 0 radical (unpaired) electrons. The van der Waals surface area contributed by atoms with Crippen molar-refractivity contribution in [2.75, 3.05) is 42.7 Å². The number of nitrogens with zero attached hydrogens (tertiary/aromatic N) is 2. The molecule has 2 saturated heterocycles.